The van der Waals surface area contributed by atoms with Crippen molar-refractivity contribution in [1.82, 2.24) is 9.29 Å². The SMILES string of the molecule is COc1ccc(N2C(=O)CC(N(Cc3cccnc3)S(=O)(=O)c3cc(Cl)ccc3Cl)C2=O)cc1. The first-order valence-corrected chi connectivity index (χ1v) is 12.3. The summed E-state index contributed by atoms with van der Waals surface area (Å²) in [6.45, 7) is -0.195. The maximum absolute atomic E-state index is 13.7. The maximum atomic E-state index is 13.7. The second-order valence-electron chi connectivity index (χ2n) is 7.47. The lowest BCUT2D eigenvalue weighted by Crippen LogP contribution is -2.45. The molecule has 4 rings (SSSR count). The van der Waals surface area contributed by atoms with Crippen LogP contribution in [0.3, 0.4) is 0 Å². The number of methoxy groups -OCH3 is 1. The Balaban J connectivity index is 1.76. The fourth-order valence-corrected chi connectivity index (χ4v) is 5.99. The van der Waals surface area contributed by atoms with E-state index in [2.05, 4.69) is 4.98 Å². The highest BCUT2D eigenvalue weighted by atomic mass is 35.5. The van der Waals surface area contributed by atoms with Gasteiger partial charge in [0.2, 0.25) is 15.9 Å². The number of imide groups is 1. The Bertz CT molecular complexity index is 1330. The number of hydrogen-bond donors (Lipinski definition) is 0. The van der Waals surface area contributed by atoms with Crippen molar-refractivity contribution in [3.63, 3.8) is 0 Å². The molecule has 34 heavy (non-hydrogen) atoms. The molecule has 0 aliphatic carbocycles. The summed E-state index contributed by atoms with van der Waals surface area (Å²) in [7, 11) is -2.84. The number of amides is 2. The Morgan fingerprint density at radius 3 is 2.50 bits per heavy atom. The van der Waals surface area contributed by atoms with E-state index in [1.807, 2.05) is 0 Å². The third-order valence-corrected chi connectivity index (χ3v) is 7.91. The molecule has 3 aromatic rings. The van der Waals surface area contributed by atoms with Gasteiger partial charge in [0.15, 0.2) is 0 Å². The lowest BCUT2D eigenvalue weighted by Gasteiger charge is -2.27. The molecule has 1 aliphatic rings. The van der Waals surface area contributed by atoms with Gasteiger partial charge in [-0.3, -0.25) is 14.6 Å². The van der Waals surface area contributed by atoms with E-state index < -0.39 is 27.9 Å². The van der Waals surface area contributed by atoms with E-state index >= 15 is 0 Å². The molecule has 8 nitrogen and oxygen atoms in total. The van der Waals surface area contributed by atoms with Gasteiger partial charge in [-0.2, -0.15) is 4.31 Å². The van der Waals surface area contributed by atoms with Gasteiger partial charge in [0.05, 0.1) is 24.2 Å². The van der Waals surface area contributed by atoms with Crippen LogP contribution in [-0.2, 0) is 26.2 Å². The van der Waals surface area contributed by atoms with E-state index in [-0.39, 0.29) is 27.9 Å². The molecule has 1 aromatic heterocycles. The average Bonchev–Trinajstić information content (AvgIpc) is 3.12. The van der Waals surface area contributed by atoms with Gasteiger partial charge in [0.1, 0.15) is 16.7 Å². The van der Waals surface area contributed by atoms with Crippen molar-refractivity contribution in [2.75, 3.05) is 12.0 Å². The largest absolute Gasteiger partial charge is 0.497 e. The predicted molar refractivity (Wildman–Crippen MR) is 127 cm³/mol. The van der Waals surface area contributed by atoms with Gasteiger partial charge >= 0.3 is 0 Å². The molecule has 11 heteroatoms. The van der Waals surface area contributed by atoms with Crippen LogP contribution in [0, 0.1) is 0 Å². The number of aromatic nitrogens is 1. The monoisotopic (exact) mass is 519 g/mol. The average molecular weight is 520 g/mol. The fraction of sp³-hybridized carbons (Fsp3) is 0.174. The molecule has 1 saturated heterocycles. The van der Waals surface area contributed by atoms with Crippen LogP contribution < -0.4 is 9.64 Å². The topological polar surface area (TPSA) is 96.9 Å². The Kier molecular flexibility index (Phi) is 6.90. The molecule has 0 bridgehead atoms. The summed E-state index contributed by atoms with van der Waals surface area (Å²) in [6, 6.07) is 12.4. The number of rotatable bonds is 7. The molecule has 1 fully saturated rings. The van der Waals surface area contributed by atoms with Gasteiger partial charge in [-0.1, -0.05) is 29.3 Å². The quantitative estimate of drug-likeness (QED) is 0.439. The minimum absolute atomic E-state index is 0.0515. The highest BCUT2D eigenvalue weighted by Gasteiger charge is 2.47. The van der Waals surface area contributed by atoms with Crippen molar-refractivity contribution < 1.29 is 22.7 Å². The smallest absolute Gasteiger partial charge is 0.252 e. The van der Waals surface area contributed by atoms with E-state index in [4.69, 9.17) is 27.9 Å². The molecule has 0 saturated carbocycles. The van der Waals surface area contributed by atoms with Crippen LogP contribution in [0.2, 0.25) is 10.0 Å². The zero-order valence-electron chi connectivity index (χ0n) is 17.9. The first-order valence-electron chi connectivity index (χ1n) is 10.1. The maximum Gasteiger partial charge on any atom is 0.252 e. The number of anilines is 1. The number of nitrogens with zero attached hydrogens (tertiary/aromatic N) is 3. The normalized spacial score (nSPS) is 16.4. The van der Waals surface area contributed by atoms with Gasteiger partial charge in [-0.15, -0.1) is 0 Å². The minimum Gasteiger partial charge on any atom is -0.497 e. The summed E-state index contributed by atoms with van der Waals surface area (Å²) >= 11 is 12.2. The molecule has 1 unspecified atom stereocenters. The Hall–Kier alpha value is -2.98. The van der Waals surface area contributed by atoms with Gasteiger partial charge in [-0.05, 0) is 54.1 Å². The molecule has 2 heterocycles. The number of ether oxygens (including phenoxy) is 1. The molecule has 0 spiro atoms. The van der Waals surface area contributed by atoms with Gasteiger partial charge in [0.25, 0.3) is 5.91 Å². The van der Waals surface area contributed by atoms with Crippen LogP contribution in [0.15, 0.2) is 71.9 Å². The van der Waals surface area contributed by atoms with E-state index in [1.54, 1.807) is 42.6 Å². The molecule has 2 aromatic carbocycles. The Labute approximate surface area is 206 Å². The second-order valence-corrected chi connectivity index (χ2v) is 10.2. The molecule has 176 valence electrons. The Morgan fingerprint density at radius 2 is 1.85 bits per heavy atom. The van der Waals surface area contributed by atoms with Crippen LogP contribution in [-0.4, -0.2) is 42.7 Å². The van der Waals surface area contributed by atoms with Crippen LogP contribution in [0.25, 0.3) is 0 Å². The summed E-state index contributed by atoms with van der Waals surface area (Å²) in [5.41, 5.74) is 0.852. The molecule has 0 radical (unpaired) electrons. The van der Waals surface area contributed by atoms with Crippen LogP contribution in [0.4, 0.5) is 5.69 Å². The minimum atomic E-state index is -4.34. The highest BCUT2D eigenvalue weighted by molar-refractivity contribution is 7.89. The summed E-state index contributed by atoms with van der Waals surface area (Å²) < 4.78 is 33.6. The molecule has 1 aliphatic heterocycles. The van der Waals surface area contributed by atoms with E-state index in [9.17, 15) is 18.0 Å². The summed E-state index contributed by atoms with van der Waals surface area (Å²) in [4.78, 5) is 31.1. The number of pyridine rings is 1. The third kappa shape index (κ3) is 4.65. The van der Waals surface area contributed by atoms with Crippen molar-refractivity contribution in [3.05, 3.63) is 82.6 Å². The molecular weight excluding hydrogens is 501 g/mol. The van der Waals surface area contributed by atoms with Crippen molar-refractivity contribution in [1.29, 1.82) is 0 Å². The number of carbonyl (C=O) groups excluding carboxylic acids is 2. The molecule has 0 N–H and O–H groups in total. The van der Waals surface area contributed by atoms with E-state index in [0.717, 1.165) is 9.21 Å². The first-order chi connectivity index (χ1) is 16.2. The highest BCUT2D eigenvalue weighted by Crippen LogP contribution is 2.34. The van der Waals surface area contributed by atoms with Gasteiger partial charge in [-0.25, -0.2) is 13.3 Å². The zero-order valence-corrected chi connectivity index (χ0v) is 20.2. The van der Waals surface area contributed by atoms with Crippen molar-refractivity contribution >= 4 is 50.7 Å². The number of halogens is 2. The van der Waals surface area contributed by atoms with Crippen molar-refractivity contribution in [2.24, 2.45) is 0 Å². The first kappa shape index (κ1) is 24.2. The third-order valence-electron chi connectivity index (χ3n) is 5.34. The Morgan fingerprint density at radius 1 is 1.12 bits per heavy atom. The summed E-state index contributed by atoms with van der Waals surface area (Å²) in [5.74, 6) is -0.639. The molecular formula is C23H19Cl2N3O5S. The lowest BCUT2D eigenvalue weighted by atomic mass is 10.2. The van der Waals surface area contributed by atoms with Crippen LogP contribution >= 0.6 is 23.2 Å². The van der Waals surface area contributed by atoms with Gasteiger partial charge in [0, 0.05) is 24.0 Å². The predicted octanol–water partition coefficient (Wildman–Crippen LogP) is 3.92. The van der Waals surface area contributed by atoms with E-state index in [0.29, 0.717) is 17.0 Å². The summed E-state index contributed by atoms with van der Waals surface area (Å²) in [5, 5.41) is 0.113. The standard InChI is InChI=1S/C23H19Cl2N3O5S/c1-33-18-7-5-17(6-8-18)28-22(29)12-20(23(28)30)27(14-15-3-2-10-26-13-15)34(31,32)21-11-16(24)4-9-19(21)25/h2-11,13,20H,12,14H2,1H3. The molecule has 1 atom stereocenters. The van der Waals surface area contributed by atoms with Crippen LogP contribution in [0.5, 0.6) is 5.75 Å². The van der Waals surface area contributed by atoms with Crippen molar-refractivity contribution in [3.8, 4) is 5.75 Å². The van der Waals surface area contributed by atoms with Crippen LogP contribution in [0.1, 0.15) is 12.0 Å². The van der Waals surface area contributed by atoms with Crippen molar-refractivity contribution in [2.45, 2.75) is 23.9 Å². The second kappa shape index (κ2) is 9.71. The number of sulfonamides is 1. The number of hydrogen-bond acceptors (Lipinski definition) is 6. The van der Waals surface area contributed by atoms with Gasteiger partial charge < -0.3 is 4.74 Å². The fourth-order valence-electron chi connectivity index (χ4n) is 3.68. The lowest BCUT2D eigenvalue weighted by molar-refractivity contribution is -0.122. The number of carbonyl (C=O) groups is 2. The van der Waals surface area contributed by atoms with E-state index in [1.165, 1.54) is 31.5 Å². The summed E-state index contributed by atoms with van der Waals surface area (Å²) in [6.07, 6.45) is 2.71. The number of benzene rings is 2. The molecule has 2 amide bonds. The zero-order chi connectivity index (χ0) is 24.5.